The molecule has 0 fully saturated rings. The van der Waals surface area contributed by atoms with Crippen molar-refractivity contribution in [1.82, 2.24) is 5.43 Å². The lowest BCUT2D eigenvalue weighted by molar-refractivity contribution is -0.468. The lowest BCUT2D eigenvalue weighted by atomic mass is 10.2. The predicted octanol–water partition coefficient (Wildman–Crippen LogP) is 0.275. The zero-order chi connectivity index (χ0) is 9.97. The third-order valence-electron chi connectivity index (χ3n) is 1.97. The van der Waals surface area contributed by atoms with E-state index in [9.17, 15) is 5.21 Å². The van der Waals surface area contributed by atoms with Crippen LogP contribution in [0.5, 0.6) is 0 Å². The number of hydrogen-bond acceptors (Lipinski definition) is 4. The van der Waals surface area contributed by atoms with Crippen LogP contribution < -0.4 is 11.3 Å². The standard InChI is InChI=1S/C9H10N4O/c10-12-9-6-13(14)5-7-3-1-2-4-8(7)11-9/h1-4,6H,5,10H2,(H,11,12). The van der Waals surface area contributed by atoms with Crippen LogP contribution >= 0.6 is 0 Å². The molecule has 1 aromatic rings. The predicted molar refractivity (Wildman–Crippen MR) is 54.3 cm³/mol. The molecule has 5 heteroatoms. The summed E-state index contributed by atoms with van der Waals surface area (Å²) in [6, 6.07) is 7.47. The van der Waals surface area contributed by atoms with E-state index in [0.717, 1.165) is 16.0 Å². The highest BCUT2D eigenvalue weighted by Gasteiger charge is 2.11. The van der Waals surface area contributed by atoms with Gasteiger partial charge in [0.25, 0.3) is 0 Å². The quantitative estimate of drug-likeness (QED) is 0.267. The molecular weight excluding hydrogens is 180 g/mol. The first-order valence-electron chi connectivity index (χ1n) is 4.21. The summed E-state index contributed by atoms with van der Waals surface area (Å²) >= 11 is 0. The molecule has 1 aliphatic heterocycles. The molecule has 0 amide bonds. The van der Waals surface area contributed by atoms with Crippen molar-refractivity contribution in [3.8, 4) is 0 Å². The number of benzene rings is 1. The van der Waals surface area contributed by atoms with Gasteiger partial charge in [0.15, 0.2) is 6.54 Å². The summed E-state index contributed by atoms with van der Waals surface area (Å²) in [5.41, 5.74) is 4.03. The van der Waals surface area contributed by atoms with Crippen LogP contribution in [0.1, 0.15) is 5.56 Å². The molecule has 0 radical (unpaired) electrons. The summed E-state index contributed by atoms with van der Waals surface area (Å²) in [7, 11) is 0. The highest BCUT2D eigenvalue weighted by atomic mass is 16.5. The van der Waals surface area contributed by atoms with Crippen molar-refractivity contribution >= 4 is 17.7 Å². The first-order valence-corrected chi connectivity index (χ1v) is 4.21. The average Bonchev–Trinajstić information content (AvgIpc) is 2.35. The van der Waals surface area contributed by atoms with Crippen molar-refractivity contribution in [1.29, 1.82) is 0 Å². The summed E-state index contributed by atoms with van der Waals surface area (Å²) in [5.74, 6) is 5.58. The smallest absolute Gasteiger partial charge is 0.219 e. The van der Waals surface area contributed by atoms with Gasteiger partial charge >= 0.3 is 0 Å². The first-order chi connectivity index (χ1) is 6.79. The van der Waals surface area contributed by atoms with Crippen LogP contribution in [0, 0.1) is 5.21 Å². The molecule has 1 aliphatic rings. The van der Waals surface area contributed by atoms with Crippen LogP contribution in [-0.2, 0) is 6.54 Å². The number of hydroxylamine groups is 1. The molecule has 5 nitrogen and oxygen atoms in total. The second-order valence-electron chi connectivity index (χ2n) is 2.97. The Morgan fingerprint density at radius 3 is 3.00 bits per heavy atom. The van der Waals surface area contributed by atoms with Crippen LogP contribution in [0.15, 0.2) is 29.3 Å². The number of para-hydroxylation sites is 1. The summed E-state index contributed by atoms with van der Waals surface area (Å²) in [6.45, 7) is 0.296. The molecule has 0 atom stereocenters. The minimum absolute atomic E-state index is 0.296. The number of fused-ring (bicyclic) bond motifs is 1. The van der Waals surface area contributed by atoms with Gasteiger partial charge in [-0.2, -0.15) is 0 Å². The fourth-order valence-electron chi connectivity index (χ4n) is 1.33. The van der Waals surface area contributed by atoms with E-state index in [2.05, 4.69) is 10.4 Å². The van der Waals surface area contributed by atoms with Crippen molar-refractivity contribution < 1.29 is 4.74 Å². The highest BCUT2D eigenvalue weighted by Crippen LogP contribution is 2.20. The SMILES string of the molecule is NNC1=Nc2ccccc2C[N+]([O-])=C1. The number of hydrazine groups is 1. The molecule has 0 bridgehead atoms. The molecule has 0 saturated carbocycles. The number of nitrogens with two attached hydrogens (primary N) is 1. The topological polar surface area (TPSA) is 76.5 Å². The number of nitrogens with one attached hydrogen (secondary N) is 1. The summed E-state index contributed by atoms with van der Waals surface area (Å²) < 4.78 is 0.796. The maximum Gasteiger partial charge on any atom is 0.219 e. The number of rotatable bonds is 0. The van der Waals surface area contributed by atoms with E-state index >= 15 is 0 Å². The number of hydrogen-bond donors (Lipinski definition) is 2. The van der Waals surface area contributed by atoms with E-state index < -0.39 is 0 Å². The van der Waals surface area contributed by atoms with Gasteiger partial charge in [-0.25, -0.2) is 15.6 Å². The van der Waals surface area contributed by atoms with E-state index in [-0.39, 0.29) is 0 Å². The molecular formula is C9H10N4O. The summed E-state index contributed by atoms with van der Waals surface area (Å²) in [6.07, 6.45) is 1.33. The third-order valence-corrected chi connectivity index (χ3v) is 1.97. The summed E-state index contributed by atoms with van der Waals surface area (Å²) in [4.78, 5) is 4.19. The lowest BCUT2D eigenvalue weighted by Crippen LogP contribution is -2.32. The molecule has 14 heavy (non-hydrogen) atoms. The highest BCUT2D eigenvalue weighted by molar-refractivity contribution is 6.28. The number of aliphatic imine (C=N–C) groups is 1. The fourth-order valence-corrected chi connectivity index (χ4v) is 1.33. The minimum Gasteiger partial charge on any atom is -0.623 e. The Bertz CT molecular complexity index is 411. The van der Waals surface area contributed by atoms with Gasteiger partial charge < -0.3 is 10.6 Å². The van der Waals surface area contributed by atoms with Crippen molar-refractivity contribution in [2.75, 3.05) is 0 Å². The largest absolute Gasteiger partial charge is 0.623 e. The van der Waals surface area contributed by atoms with Gasteiger partial charge in [-0.1, -0.05) is 18.2 Å². The van der Waals surface area contributed by atoms with Gasteiger partial charge in [-0.15, -0.1) is 0 Å². The molecule has 0 aliphatic carbocycles. The molecule has 1 heterocycles. The second-order valence-corrected chi connectivity index (χ2v) is 2.97. The van der Waals surface area contributed by atoms with Gasteiger partial charge in [-0.3, -0.25) is 0 Å². The molecule has 0 aromatic heterocycles. The number of nitrogens with zero attached hydrogens (tertiary/aromatic N) is 2. The average molecular weight is 190 g/mol. The minimum atomic E-state index is 0.296. The molecule has 72 valence electrons. The maximum absolute atomic E-state index is 11.3. The van der Waals surface area contributed by atoms with Crippen LogP contribution in [-0.4, -0.2) is 16.8 Å². The number of amidine groups is 1. The zero-order valence-corrected chi connectivity index (χ0v) is 7.47. The Balaban J connectivity index is 2.51. The van der Waals surface area contributed by atoms with E-state index in [1.54, 1.807) is 0 Å². The molecule has 0 spiro atoms. The van der Waals surface area contributed by atoms with Gasteiger partial charge in [0.2, 0.25) is 12.1 Å². The van der Waals surface area contributed by atoms with E-state index in [0.29, 0.717) is 12.4 Å². The van der Waals surface area contributed by atoms with Crippen LogP contribution in [0.3, 0.4) is 0 Å². The Kier molecular flexibility index (Phi) is 2.16. The normalized spacial score (nSPS) is 14.9. The molecule has 0 saturated heterocycles. The van der Waals surface area contributed by atoms with Crippen molar-refractivity contribution in [3.63, 3.8) is 0 Å². The molecule has 0 unspecified atom stereocenters. The van der Waals surface area contributed by atoms with Crippen molar-refractivity contribution in [2.24, 2.45) is 10.8 Å². The third kappa shape index (κ3) is 1.57. The molecule has 1 aromatic carbocycles. The Hall–Kier alpha value is -1.88. The Morgan fingerprint density at radius 2 is 2.21 bits per heavy atom. The Morgan fingerprint density at radius 1 is 1.43 bits per heavy atom. The zero-order valence-electron chi connectivity index (χ0n) is 7.47. The van der Waals surface area contributed by atoms with Gasteiger partial charge in [0.1, 0.15) is 0 Å². The van der Waals surface area contributed by atoms with Crippen LogP contribution in [0.2, 0.25) is 0 Å². The first kappa shape index (κ1) is 8.71. The molecule has 3 N–H and O–H groups in total. The van der Waals surface area contributed by atoms with Crippen molar-refractivity contribution in [3.05, 3.63) is 35.0 Å². The van der Waals surface area contributed by atoms with Crippen LogP contribution in [0.25, 0.3) is 0 Å². The lowest BCUT2D eigenvalue weighted by Gasteiger charge is -2.02. The van der Waals surface area contributed by atoms with Crippen LogP contribution in [0.4, 0.5) is 5.69 Å². The van der Waals surface area contributed by atoms with E-state index in [4.69, 9.17) is 5.84 Å². The van der Waals surface area contributed by atoms with Gasteiger partial charge in [0, 0.05) is 5.56 Å². The summed E-state index contributed by atoms with van der Waals surface area (Å²) in [5, 5.41) is 11.3. The maximum atomic E-state index is 11.3. The van der Waals surface area contributed by atoms with Gasteiger partial charge in [0.05, 0.1) is 5.69 Å². The second kappa shape index (κ2) is 3.47. The molecule has 2 rings (SSSR count). The Labute approximate surface area is 81.1 Å². The van der Waals surface area contributed by atoms with Crippen molar-refractivity contribution in [2.45, 2.75) is 6.54 Å². The van der Waals surface area contributed by atoms with E-state index in [1.807, 2.05) is 24.3 Å². The fraction of sp³-hybridized carbons (Fsp3) is 0.111. The van der Waals surface area contributed by atoms with E-state index in [1.165, 1.54) is 6.21 Å². The van der Waals surface area contributed by atoms with Gasteiger partial charge in [-0.05, 0) is 6.07 Å². The monoisotopic (exact) mass is 190 g/mol.